The number of aromatic nitrogens is 2. The number of fused-ring (bicyclic) bond motifs is 1. The van der Waals surface area contributed by atoms with E-state index in [-0.39, 0.29) is 24.6 Å². The largest absolute Gasteiger partial charge is 0.303 e. The topological polar surface area (TPSA) is 118 Å². The highest BCUT2D eigenvalue weighted by atomic mass is 32.1. The second kappa shape index (κ2) is 6.93. The smallest absolute Gasteiger partial charge is 0.269 e. The molecule has 130 valence electrons. The Morgan fingerprint density at radius 1 is 1.40 bits per heavy atom. The van der Waals surface area contributed by atoms with E-state index in [2.05, 4.69) is 15.5 Å². The van der Waals surface area contributed by atoms with Crippen LogP contribution in [0, 0.1) is 10.1 Å². The molecule has 1 aromatic heterocycles. The van der Waals surface area contributed by atoms with Crippen LogP contribution in [0.15, 0.2) is 18.2 Å². The first-order valence-electron chi connectivity index (χ1n) is 7.68. The maximum absolute atomic E-state index is 12.2. The number of nitro benzene ring substituents is 1. The molecule has 9 nitrogen and oxygen atoms in total. The SMILES string of the molecule is CCc1nnc(NC(=O)CN2C(=O)CCc3cc([N+](=O)[O-])ccc32)s1. The number of anilines is 2. The van der Waals surface area contributed by atoms with Gasteiger partial charge in [-0.2, -0.15) is 0 Å². The van der Waals surface area contributed by atoms with Crippen molar-refractivity contribution in [2.45, 2.75) is 26.2 Å². The van der Waals surface area contributed by atoms with Crippen molar-refractivity contribution in [1.82, 2.24) is 10.2 Å². The van der Waals surface area contributed by atoms with E-state index in [1.165, 1.54) is 34.4 Å². The van der Waals surface area contributed by atoms with Crippen LogP contribution in [-0.4, -0.2) is 33.5 Å². The van der Waals surface area contributed by atoms with Crippen molar-refractivity contribution in [3.8, 4) is 0 Å². The number of carbonyl (C=O) groups is 2. The zero-order chi connectivity index (χ0) is 18.0. The molecule has 0 spiro atoms. The highest BCUT2D eigenvalue weighted by Crippen LogP contribution is 2.31. The van der Waals surface area contributed by atoms with Gasteiger partial charge in [0, 0.05) is 24.2 Å². The molecule has 1 aliphatic rings. The Labute approximate surface area is 146 Å². The standard InChI is InChI=1S/C15H15N5O4S/c1-2-13-17-18-15(25-13)16-12(21)8-19-11-5-4-10(20(23)24)7-9(11)3-6-14(19)22/h4-5,7H,2-3,6,8H2,1H3,(H,16,18,21). The first-order valence-corrected chi connectivity index (χ1v) is 8.49. The normalized spacial score (nSPS) is 13.5. The predicted octanol–water partition coefficient (Wildman–Crippen LogP) is 1.93. The van der Waals surface area contributed by atoms with Gasteiger partial charge in [0.2, 0.25) is 16.9 Å². The molecule has 2 amide bonds. The molecule has 1 aliphatic heterocycles. The number of hydrogen-bond donors (Lipinski definition) is 1. The second-order valence-electron chi connectivity index (χ2n) is 5.45. The molecule has 0 atom stereocenters. The lowest BCUT2D eigenvalue weighted by Crippen LogP contribution is -2.40. The van der Waals surface area contributed by atoms with Crippen LogP contribution in [0.4, 0.5) is 16.5 Å². The molecule has 1 aromatic carbocycles. The van der Waals surface area contributed by atoms with E-state index in [9.17, 15) is 19.7 Å². The monoisotopic (exact) mass is 361 g/mol. The van der Waals surface area contributed by atoms with Crippen molar-refractivity contribution in [2.75, 3.05) is 16.8 Å². The van der Waals surface area contributed by atoms with Crippen molar-refractivity contribution in [1.29, 1.82) is 0 Å². The van der Waals surface area contributed by atoms with Crippen LogP contribution in [-0.2, 0) is 22.4 Å². The fourth-order valence-corrected chi connectivity index (χ4v) is 3.28. The Balaban J connectivity index is 1.76. The van der Waals surface area contributed by atoms with Gasteiger partial charge in [0.15, 0.2) is 0 Å². The Morgan fingerprint density at radius 2 is 2.20 bits per heavy atom. The number of benzene rings is 1. The molecule has 2 heterocycles. The maximum Gasteiger partial charge on any atom is 0.269 e. The van der Waals surface area contributed by atoms with Crippen molar-refractivity contribution in [3.05, 3.63) is 38.9 Å². The number of aryl methyl sites for hydroxylation is 2. The minimum Gasteiger partial charge on any atom is -0.303 e. The van der Waals surface area contributed by atoms with Gasteiger partial charge < -0.3 is 4.90 Å². The van der Waals surface area contributed by atoms with Gasteiger partial charge >= 0.3 is 0 Å². The summed E-state index contributed by atoms with van der Waals surface area (Å²) in [6.45, 7) is 1.76. The number of carbonyl (C=O) groups excluding carboxylic acids is 2. The van der Waals surface area contributed by atoms with Crippen LogP contribution >= 0.6 is 11.3 Å². The summed E-state index contributed by atoms with van der Waals surface area (Å²) in [7, 11) is 0. The van der Waals surface area contributed by atoms with Crippen LogP contribution in [0.25, 0.3) is 0 Å². The zero-order valence-corrected chi connectivity index (χ0v) is 14.2. The molecule has 0 fully saturated rings. The molecule has 0 aliphatic carbocycles. The molecule has 2 aromatic rings. The van der Waals surface area contributed by atoms with Gasteiger partial charge in [-0.25, -0.2) is 0 Å². The Kier molecular flexibility index (Phi) is 4.70. The van der Waals surface area contributed by atoms with E-state index in [1.807, 2.05) is 6.92 Å². The zero-order valence-electron chi connectivity index (χ0n) is 13.4. The molecule has 0 unspecified atom stereocenters. The Morgan fingerprint density at radius 3 is 2.88 bits per heavy atom. The van der Waals surface area contributed by atoms with Gasteiger partial charge in [0.1, 0.15) is 11.6 Å². The van der Waals surface area contributed by atoms with E-state index in [4.69, 9.17) is 0 Å². The van der Waals surface area contributed by atoms with Gasteiger partial charge in [0.25, 0.3) is 5.69 Å². The summed E-state index contributed by atoms with van der Waals surface area (Å²) in [6, 6.07) is 4.30. The van der Waals surface area contributed by atoms with Gasteiger partial charge in [0.05, 0.1) is 4.92 Å². The fraction of sp³-hybridized carbons (Fsp3) is 0.333. The average molecular weight is 361 g/mol. The second-order valence-corrected chi connectivity index (χ2v) is 6.51. The Bertz CT molecular complexity index is 850. The summed E-state index contributed by atoms with van der Waals surface area (Å²) >= 11 is 1.28. The molecular formula is C15H15N5O4S. The number of nitrogens with one attached hydrogen (secondary N) is 1. The maximum atomic E-state index is 12.2. The number of rotatable bonds is 5. The van der Waals surface area contributed by atoms with E-state index < -0.39 is 10.8 Å². The van der Waals surface area contributed by atoms with Gasteiger partial charge in [-0.15, -0.1) is 10.2 Å². The van der Waals surface area contributed by atoms with Crippen LogP contribution in [0.3, 0.4) is 0 Å². The predicted molar refractivity (Wildman–Crippen MR) is 91.7 cm³/mol. The van der Waals surface area contributed by atoms with Crippen LogP contribution < -0.4 is 10.2 Å². The lowest BCUT2D eigenvalue weighted by molar-refractivity contribution is -0.384. The quantitative estimate of drug-likeness (QED) is 0.642. The number of nitro groups is 1. The molecule has 0 saturated heterocycles. The minimum atomic E-state index is -0.478. The molecule has 10 heteroatoms. The van der Waals surface area contributed by atoms with Gasteiger partial charge in [-0.1, -0.05) is 18.3 Å². The molecule has 25 heavy (non-hydrogen) atoms. The molecule has 0 saturated carbocycles. The van der Waals surface area contributed by atoms with Gasteiger partial charge in [-0.05, 0) is 24.5 Å². The molecule has 0 radical (unpaired) electrons. The summed E-state index contributed by atoms with van der Waals surface area (Å²) in [4.78, 5) is 36.2. The highest BCUT2D eigenvalue weighted by Gasteiger charge is 2.27. The number of hydrogen-bond acceptors (Lipinski definition) is 7. The molecule has 1 N–H and O–H groups in total. The lowest BCUT2D eigenvalue weighted by Gasteiger charge is -2.28. The third kappa shape index (κ3) is 3.63. The van der Waals surface area contributed by atoms with Gasteiger partial charge in [-0.3, -0.25) is 25.0 Å². The first kappa shape index (κ1) is 17.0. The minimum absolute atomic E-state index is 0.0292. The van der Waals surface area contributed by atoms with Crippen molar-refractivity contribution in [3.63, 3.8) is 0 Å². The average Bonchev–Trinajstić information content (AvgIpc) is 3.04. The summed E-state index contributed by atoms with van der Waals surface area (Å²) in [5, 5.41) is 22.5. The van der Waals surface area contributed by atoms with Crippen LogP contribution in [0.5, 0.6) is 0 Å². The number of non-ortho nitro benzene ring substituents is 1. The number of amides is 2. The third-order valence-electron chi connectivity index (χ3n) is 3.79. The lowest BCUT2D eigenvalue weighted by atomic mass is 10.0. The molecule has 0 bridgehead atoms. The van der Waals surface area contributed by atoms with Crippen molar-refractivity contribution < 1.29 is 14.5 Å². The third-order valence-corrected chi connectivity index (χ3v) is 4.77. The molecular weight excluding hydrogens is 346 g/mol. The fourth-order valence-electron chi connectivity index (χ4n) is 2.58. The summed E-state index contributed by atoms with van der Waals surface area (Å²) < 4.78 is 0. The van der Waals surface area contributed by atoms with E-state index in [0.717, 1.165) is 11.4 Å². The summed E-state index contributed by atoms with van der Waals surface area (Å²) in [6.07, 6.45) is 1.36. The first-order chi connectivity index (χ1) is 12.0. The summed E-state index contributed by atoms with van der Waals surface area (Å²) in [5.74, 6) is -0.582. The summed E-state index contributed by atoms with van der Waals surface area (Å²) in [5.41, 5.74) is 1.19. The van der Waals surface area contributed by atoms with E-state index in [0.29, 0.717) is 22.8 Å². The van der Waals surface area contributed by atoms with Crippen LogP contribution in [0.1, 0.15) is 23.9 Å². The highest BCUT2D eigenvalue weighted by molar-refractivity contribution is 7.15. The Hall–Kier alpha value is -2.88. The van der Waals surface area contributed by atoms with E-state index >= 15 is 0 Å². The van der Waals surface area contributed by atoms with Crippen molar-refractivity contribution >= 4 is 39.7 Å². The van der Waals surface area contributed by atoms with Crippen LogP contribution in [0.2, 0.25) is 0 Å². The number of nitrogens with zero attached hydrogens (tertiary/aromatic N) is 4. The van der Waals surface area contributed by atoms with Crippen molar-refractivity contribution in [2.24, 2.45) is 0 Å². The van der Waals surface area contributed by atoms with E-state index in [1.54, 1.807) is 0 Å². The molecule has 3 rings (SSSR count).